The van der Waals surface area contributed by atoms with Crippen molar-refractivity contribution in [3.63, 3.8) is 0 Å². The maximum atomic E-state index is 9.86. The van der Waals surface area contributed by atoms with Crippen LogP contribution < -0.4 is 78.9 Å². The highest BCUT2D eigenvalue weighted by Gasteiger charge is 2.23. The molecule has 9 nitrogen and oxygen atoms in total. The van der Waals surface area contributed by atoms with E-state index in [2.05, 4.69) is 206 Å². The second kappa shape index (κ2) is 31.0. The van der Waals surface area contributed by atoms with Gasteiger partial charge < -0.3 is 43.0 Å². The lowest BCUT2D eigenvalue weighted by Gasteiger charge is -2.00. The predicted molar refractivity (Wildman–Crippen MR) is 277 cm³/mol. The lowest BCUT2D eigenvalue weighted by Crippen LogP contribution is -3.62. The van der Waals surface area contributed by atoms with E-state index in [0.717, 1.165) is 0 Å². The number of hydrogen-bond acceptors (Lipinski definition) is 9. The summed E-state index contributed by atoms with van der Waals surface area (Å²) in [4.78, 5) is 29.6. The van der Waals surface area contributed by atoms with E-state index < -0.39 is 17.9 Å². The smallest absolute Gasteiger partial charge is 0.358 e. The normalized spacial score (nSPS) is 10.1. The average Bonchev–Trinajstić information content (AvgIpc) is 4.19. The lowest BCUT2D eigenvalue weighted by atomic mass is 10.1. The average molecular weight is 1340 g/mol. The first-order valence-electron chi connectivity index (χ1n) is 23.7. The van der Waals surface area contributed by atoms with E-state index in [4.69, 9.17) is 0 Å². The third-order valence-corrected chi connectivity index (χ3v) is 21.3. The summed E-state index contributed by atoms with van der Waals surface area (Å²) in [5.41, 5.74) is 16.9. The molecule has 0 bridgehead atoms. The Kier molecular flexibility index (Phi) is 25.3. The van der Waals surface area contributed by atoms with Crippen molar-refractivity contribution >= 4 is 17.9 Å². The minimum Gasteiger partial charge on any atom is -0.542 e. The van der Waals surface area contributed by atoms with Crippen molar-refractivity contribution in [3.8, 4) is 0 Å². The molecule has 0 spiro atoms. The SMILES string of the molecule is Cc1ccc([I+]c2c(C)cc(C)cc2C)cc1.Cc1ccc([I+]c2c(C)cc(C)cc2C)cc1.Cc1ccc([I+]c2c(C)cc(C)cc2C)cc1.O=C([O-])c1ccco1.O=C([O-])c1ccco1.O=C([O-])c1ccco1. The Hall–Kier alpha value is -6.24. The topological polar surface area (TPSA) is 160 Å². The number of rotatable bonds is 9. The fraction of sp³-hybridized carbons (Fsp3) is 0.190. The van der Waals surface area contributed by atoms with Gasteiger partial charge in [0.1, 0.15) is 35.2 Å². The molecule has 0 N–H and O–H groups in total. The van der Waals surface area contributed by atoms with Crippen LogP contribution in [0.2, 0.25) is 0 Å². The van der Waals surface area contributed by atoms with Crippen LogP contribution in [0.1, 0.15) is 98.4 Å². The van der Waals surface area contributed by atoms with Crippen LogP contribution in [0.3, 0.4) is 0 Å². The fourth-order valence-electron chi connectivity index (χ4n) is 7.23. The van der Waals surface area contributed by atoms with Crippen LogP contribution >= 0.6 is 0 Å². The van der Waals surface area contributed by atoms with Gasteiger partial charge in [-0.05, 0) is 156 Å². The van der Waals surface area contributed by atoms with Crippen LogP contribution in [0.4, 0.5) is 0 Å². The Bertz CT molecular complexity index is 2780. The molecule has 0 atom stereocenters. The number of aryl methyl sites for hydroxylation is 12. The van der Waals surface area contributed by atoms with Crippen LogP contribution in [-0.2, 0) is 0 Å². The summed E-state index contributed by atoms with van der Waals surface area (Å²) in [6.07, 6.45) is 3.85. The van der Waals surface area contributed by atoms with E-state index in [1.165, 1.54) is 133 Å². The number of halogens is 3. The summed E-state index contributed by atoms with van der Waals surface area (Å²) in [5.74, 6) is -4.25. The molecule has 0 aliphatic heterocycles. The minimum atomic E-state index is -1.28. The molecule has 75 heavy (non-hydrogen) atoms. The Morgan fingerprint density at radius 1 is 0.307 bits per heavy atom. The molecular formula is C63H63I3O9. The van der Waals surface area contributed by atoms with E-state index in [1.54, 1.807) is 10.7 Å². The summed E-state index contributed by atoms with van der Waals surface area (Å²) < 4.78 is 22.6. The molecule has 0 saturated heterocycles. The Labute approximate surface area is 473 Å². The van der Waals surface area contributed by atoms with Gasteiger partial charge in [-0.25, -0.2) is 0 Å². The van der Waals surface area contributed by atoms with Gasteiger partial charge in [-0.2, -0.15) is 0 Å². The van der Waals surface area contributed by atoms with Gasteiger partial charge in [0.05, 0.1) is 18.8 Å². The number of carboxylic acid groups (broad SMARTS) is 3. The van der Waals surface area contributed by atoms with Crippen LogP contribution in [-0.4, -0.2) is 17.9 Å². The molecule has 0 saturated carbocycles. The molecule has 0 radical (unpaired) electrons. The highest BCUT2D eigenvalue weighted by Crippen LogP contribution is 2.10. The highest BCUT2D eigenvalue weighted by molar-refractivity contribution is 5.82. The highest BCUT2D eigenvalue weighted by atomic mass is 127. The van der Waals surface area contributed by atoms with E-state index in [1.807, 2.05) is 0 Å². The van der Waals surface area contributed by atoms with Gasteiger partial charge in [0.25, 0.3) is 0 Å². The summed E-state index contributed by atoms with van der Waals surface area (Å²) >= 11 is -0.121. The first-order chi connectivity index (χ1) is 35.6. The van der Waals surface area contributed by atoms with E-state index in [0.29, 0.717) is 0 Å². The fourth-order valence-corrected chi connectivity index (χ4v) is 14.7. The first kappa shape index (κ1) is 61.3. The largest absolute Gasteiger partial charge is 0.542 e. The Morgan fingerprint density at radius 2 is 0.507 bits per heavy atom. The van der Waals surface area contributed by atoms with Crippen LogP contribution in [0.5, 0.6) is 0 Å². The Balaban J connectivity index is 0.000000201. The number of hydrogen-bond donors (Lipinski definition) is 0. The van der Waals surface area contributed by atoms with Crippen molar-refractivity contribution in [1.29, 1.82) is 0 Å². The monoisotopic (exact) mass is 1340 g/mol. The van der Waals surface area contributed by atoms with Gasteiger partial charge in [-0.15, -0.1) is 0 Å². The molecule has 3 aromatic heterocycles. The maximum absolute atomic E-state index is 9.86. The second-order valence-corrected chi connectivity index (χ2v) is 26.2. The quantitative estimate of drug-likeness (QED) is 0.198. The third-order valence-electron chi connectivity index (χ3n) is 10.6. The summed E-state index contributed by atoms with van der Waals surface area (Å²) in [6.45, 7) is 26.4. The standard InChI is InChI=1S/3C16H18I.3C5H4O3/c3*1-11-5-7-15(8-6-11)17-16-13(3)9-12(2)10-14(16)4;3*6-5(7)4-2-1-3-8-4/h3*5-10H,1-4H3;3*1-3H,(H,6,7)/q3*+1;;;/p-3. The molecule has 3 heterocycles. The molecule has 0 fully saturated rings. The molecule has 0 amide bonds. The summed E-state index contributed by atoms with van der Waals surface area (Å²) in [7, 11) is 0. The Morgan fingerprint density at radius 3 is 0.653 bits per heavy atom. The molecule has 12 heteroatoms. The van der Waals surface area contributed by atoms with Crippen LogP contribution in [0.15, 0.2) is 178 Å². The van der Waals surface area contributed by atoms with Gasteiger partial charge >= 0.3 is 63.6 Å². The number of furan rings is 3. The summed E-state index contributed by atoms with van der Waals surface area (Å²) in [6, 6.07) is 49.2. The molecule has 390 valence electrons. The van der Waals surface area contributed by atoms with Crippen LogP contribution in [0.25, 0.3) is 0 Å². The van der Waals surface area contributed by atoms with Gasteiger partial charge in [0.2, 0.25) is 0 Å². The van der Waals surface area contributed by atoms with Crippen molar-refractivity contribution in [2.45, 2.75) is 83.1 Å². The number of carbonyl (C=O) groups excluding carboxylic acids is 3. The first-order valence-corrected chi connectivity index (χ1v) is 30.2. The molecule has 9 rings (SSSR count). The van der Waals surface area contributed by atoms with Crippen molar-refractivity contribution < 1.29 is 107 Å². The van der Waals surface area contributed by atoms with Gasteiger partial charge in [-0.3, -0.25) is 0 Å². The zero-order valence-electron chi connectivity index (χ0n) is 44.4. The van der Waals surface area contributed by atoms with Crippen molar-refractivity contribution in [2.75, 3.05) is 0 Å². The van der Waals surface area contributed by atoms with Crippen LogP contribution in [0, 0.1) is 105 Å². The number of carboxylic acids is 3. The second-order valence-electron chi connectivity index (χ2n) is 17.6. The minimum absolute atomic E-state index is 0.0403. The maximum Gasteiger partial charge on any atom is 0.358 e. The van der Waals surface area contributed by atoms with E-state index in [9.17, 15) is 29.7 Å². The van der Waals surface area contributed by atoms with Gasteiger partial charge in [-0.1, -0.05) is 106 Å². The van der Waals surface area contributed by atoms with Gasteiger partial charge in [0, 0.05) is 33.4 Å². The van der Waals surface area contributed by atoms with Crippen molar-refractivity contribution in [3.05, 3.63) is 270 Å². The van der Waals surface area contributed by atoms with Crippen molar-refractivity contribution in [1.82, 2.24) is 0 Å². The summed E-state index contributed by atoms with van der Waals surface area (Å²) in [5, 5.41) is 29.6. The van der Waals surface area contributed by atoms with E-state index >= 15 is 0 Å². The molecule has 9 aromatic rings. The third kappa shape index (κ3) is 21.5. The predicted octanol–water partition coefficient (Wildman–Crippen LogP) is 2.08. The molecule has 0 unspecified atom stereocenters. The van der Waals surface area contributed by atoms with Crippen molar-refractivity contribution in [2.24, 2.45) is 0 Å². The molecule has 0 aliphatic rings. The zero-order valence-corrected chi connectivity index (χ0v) is 50.9. The lowest BCUT2D eigenvalue weighted by molar-refractivity contribution is -0.599. The number of benzene rings is 6. The van der Waals surface area contributed by atoms with Gasteiger partial charge in [0.15, 0.2) is 21.4 Å². The molecule has 6 aromatic carbocycles. The zero-order chi connectivity index (χ0) is 55.2. The number of aromatic carboxylic acids is 3. The molecular weight excluding hydrogens is 1280 g/mol. The molecule has 0 aliphatic carbocycles. The number of carbonyl (C=O) groups is 3. The van der Waals surface area contributed by atoms with E-state index in [-0.39, 0.29) is 80.9 Å².